The summed E-state index contributed by atoms with van der Waals surface area (Å²) in [7, 11) is 0. The molecule has 1 amide bonds. The zero-order valence-electron chi connectivity index (χ0n) is 21.3. The zero-order valence-corrected chi connectivity index (χ0v) is 22.9. The first kappa shape index (κ1) is 27.6. The van der Waals surface area contributed by atoms with Crippen molar-refractivity contribution in [2.24, 2.45) is 5.10 Å². The van der Waals surface area contributed by atoms with Gasteiger partial charge >= 0.3 is 5.97 Å². The highest BCUT2D eigenvalue weighted by Crippen LogP contribution is 2.24. The molecule has 198 valence electrons. The van der Waals surface area contributed by atoms with Crippen LogP contribution in [-0.4, -0.2) is 31.3 Å². The number of nitrogens with zero attached hydrogens (tertiary/aromatic N) is 1. The van der Waals surface area contributed by atoms with Gasteiger partial charge in [-0.25, -0.2) is 10.2 Å². The molecule has 0 heterocycles. The Labute approximate surface area is 235 Å². The molecule has 0 unspecified atom stereocenters. The Balaban J connectivity index is 1.31. The van der Waals surface area contributed by atoms with Crippen molar-refractivity contribution < 1.29 is 23.8 Å². The maximum atomic E-state index is 12.7. The second-order valence-corrected chi connectivity index (χ2v) is 9.33. The second kappa shape index (κ2) is 13.9. The monoisotopic (exact) mass is 586 g/mol. The normalized spacial score (nSPS) is 10.7. The number of carbonyl (C=O) groups is 2. The number of esters is 1. The Kier molecular flexibility index (Phi) is 9.85. The van der Waals surface area contributed by atoms with Crippen LogP contribution in [-0.2, 0) is 4.79 Å². The van der Waals surface area contributed by atoms with Crippen molar-refractivity contribution in [3.05, 3.63) is 113 Å². The SMILES string of the molecule is CCCOc1ccc(C(=O)Oc2ccc(Br)cc2/C=N/NC(=O)COc2ccc(-c3ccccc3)cc2)cc1. The van der Waals surface area contributed by atoms with Gasteiger partial charge in [0.2, 0.25) is 0 Å². The molecule has 0 saturated heterocycles. The standard InChI is InChI=1S/C31H27BrN2O5/c1-2-18-37-27-15-10-24(11-16-27)31(36)39-29-17-12-26(32)19-25(29)20-33-34-30(35)21-38-28-13-8-23(9-14-28)22-6-4-3-5-7-22/h3-17,19-20H,2,18,21H2,1H3,(H,34,35)/b33-20+. The van der Waals surface area contributed by atoms with Crippen molar-refractivity contribution in [3.63, 3.8) is 0 Å². The van der Waals surface area contributed by atoms with Gasteiger partial charge in [-0.1, -0.05) is 65.3 Å². The predicted molar refractivity (Wildman–Crippen MR) is 154 cm³/mol. The summed E-state index contributed by atoms with van der Waals surface area (Å²) in [6.07, 6.45) is 2.30. The van der Waals surface area contributed by atoms with Crippen LogP contribution in [0.5, 0.6) is 17.2 Å². The fourth-order valence-corrected chi connectivity index (χ4v) is 3.89. The molecule has 0 atom stereocenters. The van der Waals surface area contributed by atoms with Gasteiger partial charge in [0.05, 0.1) is 18.4 Å². The van der Waals surface area contributed by atoms with Gasteiger partial charge in [0.1, 0.15) is 17.2 Å². The first-order chi connectivity index (χ1) is 19.0. The van der Waals surface area contributed by atoms with E-state index in [-0.39, 0.29) is 6.61 Å². The summed E-state index contributed by atoms with van der Waals surface area (Å²) < 4.78 is 17.5. The van der Waals surface area contributed by atoms with Crippen LogP contribution in [0.15, 0.2) is 107 Å². The molecule has 4 rings (SSSR count). The van der Waals surface area contributed by atoms with Gasteiger partial charge in [-0.05, 0) is 72.1 Å². The molecule has 8 heteroatoms. The summed E-state index contributed by atoms with van der Waals surface area (Å²) in [5, 5.41) is 4.00. The van der Waals surface area contributed by atoms with E-state index in [1.807, 2.05) is 61.5 Å². The van der Waals surface area contributed by atoms with Crippen LogP contribution < -0.4 is 19.6 Å². The van der Waals surface area contributed by atoms with Crippen molar-refractivity contribution in [3.8, 4) is 28.4 Å². The first-order valence-electron chi connectivity index (χ1n) is 12.4. The summed E-state index contributed by atoms with van der Waals surface area (Å²) >= 11 is 3.40. The lowest BCUT2D eigenvalue weighted by Gasteiger charge is -2.09. The number of hydrogen-bond acceptors (Lipinski definition) is 6. The maximum Gasteiger partial charge on any atom is 0.343 e. The van der Waals surface area contributed by atoms with E-state index in [2.05, 4.69) is 26.5 Å². The van der Waals surface area contributed by atoms with E-state index >= 15 is 0 Å². The highest BCUT2D eigenvalue weighted by molar-refractivity contribution is 9.10. The number of benzene rings is 4. The van der Waals surface area contributed by atoms with E-state index in [1.165, 1.54) is 6.21 Å². The number of rotatable bonds is 11. The summed E-state index contributed by atoms with van der Waals surface area (Å²) in [4.78, 5) is 24.9. The fourth-order valence-electron chi connectivity index (χ4n) is 3.51. The van der Waals surface area contributed by atoms with Crippen LogP contribution in [0.25, 0.3) is 11.1 Å². The minimum absolute atomic E-state index is 0.208. The fraction of sp³-hybridized carbons (Fsp3) is 0.129. The van der Waals surface area contributed by atoms with E-state index in [4.69, 9.17) is 14.2 Å². The Bertz CT molecular complexity index is 1420. The number of ether oxygens (including phenoxy) is 3. The minimum Gasteiger partial charge on any atom is -0.494 e. The highest BCUT2D eigenvalue weighted by Gasteiger charge is 2.12. The van der Waals surface area contributed by atoms with E-state index in [1.54, 1.807) is 42.5 Å². The smallest absolute Gasteiger partial charge is 0.343 e. The average molecular weight is 587 g/mol. The zero-order chi connectivity index (χ0) is 27.5. The van der Waals surface area contributed by atoms with Gasteiger partial charge in [-0.3, -0.25) is 4.79 Å². The molecule has 0 bridgehead atoms. The third-order valence-electron chi connectivity index (χ3n) is 5.46. The summed E-state index contributed by atoms with van der Waals surface area (Å²) in [5.74, 6) is 0.595. The van der Waals surface area contributed by atoms with Gasteiger partial charge in [0.25, 0.3) is 5.91 Å². The van der Waals surface area contributed by atoms with Crippen LogP contribution in [0.4, 0.5) is 0 Å². The maximum absolute atomic E-state index is 12.7. The molecule has 0 spiro atoms. The molecule has 0 aliphatic carbocycles. The lowest BCUT2D eigenvalue weighted by atomic mass is 10.1. The number of halogens is 1. The molecule has 4 aromatic carbocycles. The number of hydrogen-bond donors (Lipinski definition) is 1. The van der Waals surface area contributed by atoms with Crippen molar-refractivity contribution >= 4 is 34.0 Å². The predicted octanol–water partition coefficient (Wildman–Crippen LogP) is 6.65. The minimum atomic E-state index is -0.523. The lowest BCUT2D eigenvalue weighted by molar-refractivity contribution is -0.123. The van der Waals surface area contributed by atoms with Gasteiger partial charge in [-0.2, -0.15) is 5.10 Å². The summed E-state index contributed by atoms with van der Waals surface area (Å²) in [6.45, 7) is 2.42. The van der Waals surface area contributed by atoms with E-state index in [0.29, 0.717) is 35.0 Å². The molecule has 0 aliphatic heterocycles. The Morgan fingerprint density at radius 2 is 1.51 bits per heavy atom. The van der Waals surface area contributed by atoms with E-state index in [0.717, 1.165) is 22.0 Å². The van der Waals surface area contributed by atoms with Crippen molar-refractivity contribution in [2.45, 2.75) is 13.3 Å². The molecule has 0 saturated carbocycles. The number of amides is 1. The van der Waals surface area contributed by atoms with Gasteiger partial charge in [0.15, 0.2) is 6.61 Å². The van der Waals surface area contributed by atoms with E-state index < -0.39 is 11.9 Å². The van der Waals surface area contributed by atoms with Crippen LogP contribution in [0, 0.1) is 0 Å². The topological polar surface area (TPSA) is 86.2 Å². The Morgan fingerprint density at radius 3 is 2.23 bits per heavy atom. The molecule has 1 N–H and O–H groups in total. The molecular formula is C31H27BrN2O5. The van der Waals surface area contributed by atoms with Gasteiger partial charge in [-0.15, -0.1) is 0 Å². The number of carbonyl (C=O) groups excluding carboxylic acids is 2. The molecule has 4 aromatic rings. The Morgan fingerprint density at radius 1 is 0.846 bits per heavy atom. The molecule has 7 nitrogen and oxygen atoms in total. The summed E-state index contributed by atoms with van der Waals surface area (Å²) in [6, 6.07) is 29.4. The average Bonchev–Trinajstić information content (AvgIpc) is 2.97. The van der Waals surface area contributed by atoms with Crippen LogP contribution in [0.3, 0.4) is 0 Å². The molecule has 0 aliphatic rings. The number of nitrogens with one attached hydrogen (secondary N) is 1. The largest absolute Gasteiger partial charge is 0.494 e. The third-order valence-corrected chi connectivity index (χ3v) is 5.95. The molecular weight excluding hydrogens is 560 g/mol. The van der Waals surface area contributed by atoms with Gasteiger partial charge < -0.3 is 14.2 Å². The first-order valence-corrected chi connectivity index (χ1v) is 13.2. The molecule has 0 fully saturated rings. The van der Waals surface area contributed by atoms with E-state index in [9.17, 15) is 9.59 Å². The number of hydrazone groups is 1. The van der Waals surface area contributed by atoms with Crippen LogP contribution in [0.2, 0.25) is 0 Å². The van der Waals surface area contributed by atoms with Crippen molar-refractivity contribution in [1.82, 2.24) is 5.43 Å². The molecule has 0 aromatic heterocycles. The Hall–Kier alpha value is -4.43. The van der Waals surface area contributed by atoms with Crippen molar-refractivity contribution in [2.75, 3.05) is 13.2 Å². The lowest BCUT2D eigenvalue weighted by Crippen LogP contribution is -2.24. The van der Waals surface area contributed by atoms with Crippen molar-refractivity contribution in [1.29, 1.82) is 0 Å². The second-order valence-electron chi connectivity index (χ2n) is 8.42. The summed E-state index contributed by atoms with van der Waals surface area (Å²) in [5.41, 5.74) is 5.47. The highest BCUT2D eigenvalue weighted by atomic mass is 79.9. The molecule has 39 heavy (non-hydrogen) atoms. The van der Waals surface area contributed by atoms with Crippen LogP contribution in [0.1, 0.15) is 29.3 Å². The quantitative estimate of drug-likeness (QED) is 0.0919. The van der Waals surface area contributed by atoms with Crippen LogP contribution >= 0.6 is 15.9 Å². The third kappa shape index (κ3) is 8.28. The molecule has 0 radical (unpaired) electrons. The van der Waals surface area contributed by atoms with Gasteiger partial charge in [0, 0.05) is 10.0 Å².